The van der Waals surface area contributed by atoms with Crippen LogP contribution in [0.25, 0.3) is 0 Å². The van der Waals surface area contributed by atoms with Crippen molar-refractivity contribution in [1.29, 1.82) is 0 Å². The molecule has 0 aliphatic rings. The minimum Gasteiger partial charge on any atom is -0.478 e. The lowest BCUT2D eigenvalue weighted by Crippen LogP contribution is -2.34. The minimum atomic E-state index is -4.54. The first-order chi connectivity index (χ1) is 9.60. The second-order valence-electron chi connectivity index (χ2n) is 3.83. The zero-order valence-electron chi connectivity index (χ0n) is 10.6. The molecule has 21 heavy (non-hydrogen) atoms. The molecule has 1 heterocycles. The maximum absolute atomic E-state index is 11.9. The number of aromatic nitrogens is 2. The van der Waals surface area contributed by atoms with Crippen LogP contribution in [0, 0.1) is 6.92 Å². The number of amides is 1. The van der Waals surface area contributed by atoms with E-state index in [0.717, 1.165) is 0 Å². The van der Waals surface area contributed by atoms with Crippen LogP contribution in [0.4, 0.5) is 13.2 Å². The van der Waals surface area contributed by atoms with Crippen molar-refractivity contribution in [3.8, 4) is 0 Å². The fourth-order valence-corrected chi connectivity index (χ4v) is 2.20. The summed E-state index contributed by atoms with van der Waals surface area (Å²) in [6.07, 6.45) is -4.54. The van der Waals surface area contributed by atoms with Gasteiger partial charge in [-0.25, -0.2) is 9.59 Å². The molecule has 0 aliphatic carbocycles. The number of carboxylic acids is 1. The highest BCUT2D eigenvalue weighted by molar-refractivity contribution is 8.00. The largest absolute Gasteiger partial charge is 0.478 e. The maximum Gasteiger partial charge on any atom is 0.405 e. The van der Waals surface area contributed by atoms with Crippen LogP contribution in [0.15, 0.2) is 9.82 Å². The number of carbonyl (C=O) groups is 2. The van der Waals surface area contributed by atoms with Crippen molar-refractivity contribution >= 4 is 23.6 Å². The van der Waals surface area contributed by atoms with E-state index in [1.807, 2.05) is 0 Å². The quantitative estimate of drug-likeness (QED) is 0.538. The summed E-state index contributed by atoms with van der Waals surface area (Å²) in [6, 6.07) is 0. The Morgan fingerprint density at radius 2 is 2.05 bits per heavy atom. The molecule has 0 aromatic carbocycles. The molecule has 0 spiro atoms. The number of aryl methyl sites for hydroxylation is 1. The first-order valence-corrected chi connectivity index (χ1v) is 6.39. The molecule has 0 aliphatic heterocycles. The van der Waals surface area contributed by atoms with Gasteiger partial charge in [-0.05, 0) is 6.92 Å². The van der Waals surface area contributed by atoms with E-state index in [9.17, 15) is 27.6 Å². The summed E-state index contributed by atoms with van der Waals surface area (Å²) >= 11 is 0.571. The zero-order chi connectivity index (χ0) is 16.2. The highest BCUT2D eigenvalue weighted by atomic mass is 32.2. The van der Waals surface area contributed by atoms with Gasteiger partial charge in [0.25, 0.3) is 0 Å². The SMILES string of the molecule is Cc1[nH]c(=O)nc(SCC(=O)NCC(F)(F)F)c1C(=O)O. The molecule has 0 radical (unpaired) electrons. The average molecular weight is 325 g/mol. The molecule has 1 amide bonds. The standard InChI is InChI=1S/C10H10F3N3O4S/c1-4-6(8(18)19)7(16-9(20)15-4)21-2-5(17)14-3-10(11,12)13/h2-3H2,1H3,(H,14,17)(H,18,19)(H,15,16,20). The number of H-pyrrole nitrogens is 1. The van der Waals surface area contributed by atoms with Crippen molar-refractivity contribution in [2.24, 2.45) is 0 Å². The summed E-state index contributed by atoms with van der Waals surface area (Å²) in [5, 5.41) is 10.4. The number of nitrogens with zero attached hydrogens (tertiary/aromatic N) is 1. The van der Waals surface area contributed by atoms with Gasteiger partial charge in [-0.1, -0.05) is 11.8 Å². The third-order valence-electron chi connectivity index (χ3n) is 2.13. The molecule has 7 nitrogen and oxygen atoms in total. The van der Waals surface area contributed by atoms with Crippen LogP contribution < -0.4 is 11.0 Å². The van der Waals surface area contributed by atoms with Gasteiger partial charge >= 0.3 is 17.8 Å². The highest BCUT2D eigenvalue weighted by Gasteiger charge is 2.27. The van der Waals surface area contributed by atoms with Crippen molar-refractivity contribution in [2.45, 2.75) is 18.1 Å². The molecule has 0 saturated carbocycles. The van der Waals surface area contributed by atoms with Crippen LogP contribution in [0.5, 0.6) is 0 Å². The summed E-state index contributed by atoms with van der Waals surface area (Å²) in [7, 11) is 0. The number of rotatable bonds is 5. The van der Waals surface area contributed by atoms with E-state index >= 15 is 0 Å². The lowest BCUT2D eigenvalue weighted by Gasteiger charge is -2.09. The summed E-state index contributed by atoms with van der Waals surface area (Å²) in [5.74, 6) is -2.81. The lowest BCUT2D eigenvalue weighted by molar-refractivity contribution is -0.136. The number of hydrogen-bond acceptors (Lipinski definition) is 5. The van der Waals surface area contributed by atoms with Gasteiger partial charge in [-0.2, -0.15) is 18.2 Å². The first-order valence-electron chi connectivity index (χ1n) is 5.40. The Labute approximate surface area is 120 Å². The number of aromatic amines is 1. The van der Waals surface area contributed by atoms with Crippen molar-refractivity contribution in [2.75, 3.05) is 12.3 Å². The Morgan fingerprint density at radius 3 is 2.57 bits per heavy atom. The molecular formula is C10H10F3N3O4S. The van der Waals surface area contributed by atoms with Crippen LogP contribution in [0.3, 0.4) is 0 Å². The Hall–Kier alpha value is -2.04. The molecule has 3 N–H and O–H groups in total. The van der Waals surface area contributed by atoms with Crippen molar-refractivity contribution in [3.63, 3.8) is 0 Å². The number of hydrogen-bond donors (Lipinski definition) is 3. The molecule has 0 saturated heterocycles. The van der Waals surface area contributed by atoms with E-state index in [-0.39, 0.29) is 16.3 Å². The smallest absolute Gasteiger partial charge is 0.405 e. The number of carbonyl (C=O) groups excluding carboxylic acids is 1. The lowest BCUT2D eigenvalue weighted by atomic mass is 10.2. The number of carboxylic acid groups (broad SMARTS) is 1. The maximum atomic E-state index is 11.9. The number of thioether (sulfide) groups is 1. The van der Waals surface area contributed by atoms with Crippen LogP contribution in [-0.4, -0.2) is 45.4 Å². The second kappa shape index (κ2) is 6.61. The molecule has 1 rings (SSSR count). The highest BCUT2D eigenvalue weighted by Crippen LogP contribution is 2.20. The van der Waals surface area contributed by atoms with Gasteiger partial charge in [0.15, 0.2) is 0 Å². The summed E-state index contributed by atoms with van der Waals surface area (Å²) in [5.41, 5.74) is -1.07. The zero-order valence-corrected chi connectivity index (χ0v) is 11.4. The molecule has 1 aromatic heterocycles. The molecular weight excluding hydrogens is 315 g/mol. The summed E-state index contributed by atoms with van der Waals surface area (Å²) < 4.78 is 35.7. The van der Waals surface area contributed by atoms with Crippen molar-refractivity contribution < 1.29 is 27.9 Å². The van der Waals surface area contributed by atoms with Gasteiger partial charge < -0.3 is 15.4 Å². The van der Waals surface area contributed by atoms with E-state index in [2.05, 4.69) is 9.97 Å². The Balaban J connectivity index is 2.78. The van der Waals surface area contributed by atoms with Gasteiger partial charge in [0.05, 0.1) is 5.75 Å². The first kappa shape index (κ1) is 17.0. The van der Waals surface area contributed by atoms with Gasteiger partial charge in [0.2, 0.25) is 5.91 Å². The monoisotopic (exact) mass is 325 g/mol. The number of alkyl halides is 3. The van der Waals surface area contributed by atoms with Gasteiger partial charge in [0, 0.05) is 5.69 Å². The number of halogens is 3. The van der Waals surface area contributed by atoms with E-state index < -0.39 is 36.0 Å². The van der Waals surface area contributed by atoms with Crippen LogP contribution in [0.1, 0.15) is 16.1 Å². The number of aromatic carboxylic acids is 1. The third-order valence-corrected chi connectivity index (χ3v) is 3.10. The fourth-order valence-electron chi connectivity index (χ4n) is 1.30. The van der Waals surface area contributed by atoms with E-state index in [0.29, 0.717) is 11.8 Å². The summed E-state index contributed by atoms with van der Waals surface area (Å²) in [4.78, 5) is 39.0. The molecule has 0 bridgehead atoms. The number of nitrogens with one attached hydrogen (secondary N) is 2. The van der Waals surface area contributed by atoms with E-state index in [4.69, 9.17) is 5.11 Å². The molecule has 0 fully saturated rings. The van der Waals surface area contributed by atoms with Gasteiger partial charge in [0.1, 0.15) is 17.1 Å². The fraction of sp³-hybridized carbons (Fsp3) is 0.400. The van der Waals surface area contributed by atoms with E-state index in [1.54, 1.807) is 5.32 Å². The Bertz CT molecular complexity index is 615. The van der Waals surface area contributed by atoms with Crippen molar-refractivity contribution in [1.82, 2.24) is 15.3 Å². The molecule has 116 valence electrons. The van der Waals surface area contributed by atoms with Crippen LogP contribution >= 0.6 is 11.8 Å². The van der Waals surface area contributed by atoms with Gasteiger partial charge in [-0.3, -0.25) is 4.79 Å². The van der Waals surface area contributed by atoms with Gasteiger partial charge in [-0.15, -0.1) is 0 Å². The Morgan fingerprint density at radius 1 is 1.43 bits per heavy atom. The average Bonchev–Trinajstić information content (AvgIpc) is 2.31. The van der Waals surface area contributed by atoms with Crippen LogP contribution in [0.2, 0.25) is 0 Å². The molecule has 0 unspecified atom stereocenters. The third kappa shape index (κ3) is 5.45. The minimum absolute atomic E-state index is 0.0423. The second-order valence-corrected chi connectivity index (χ2v) is 4.80. The topological polar surface area (TPSA) is 112 Å². The molecule has 1 aromatic rings. The van der Waals surface area contributed by atoms with Crippen LogP contribution in [-0.2, 0) is 4.79 Å². The van der Waals surface area contributed by atoms with E-state index in [1.165, 1.54) is 6.92 Å². The predicted octanol–water partition coefficient (Wildman–Crippen LogP) is 0.547. The Kier molecular flexibility index (Phi) is 5.35. The van der Waals surface area contributed by atoms with Crippen molar-refractivity contribution in [3.05, 3.63) is 21.7 Å². The molecule has 11 heteroatoms. The summed E-state index contributed by atoms with van der Waals surface area (Å²) in [6.45, 7) is -0.152. The predicted molar refractivity (Wildman–Crippen MR) is 66.3 cm³/mol. The molecule has 0 atom stereocenters. The normalized spacial score (nSPS) is 11.2.